The van der Waals surface area contributed by atoms with Gasteiger partial charge in [0.25, 0.3) is 11.8 Å². The van der Waals surface area contributed by atoms with E-state index >= 15 is 0 Å². The Bertz CT molecular complexity index is 641. The van der Waals surface area contributed by atoms with Crippen molar-refractivity contribution in [2.45, 2.75) is 6.92 Å². The highest BCUT2D eigenvalue weighted by Gasteiger charge is 2.27. The van der Waals surface area contributed by atoms with Crippen LogP contribution in [0.25, 0.3) is 0 Å². The maximum absolute atomic E-state index is 11.9. The number of nitrogens with zero attached hydrogens (tertiary/aromatic N) is 2. The third-order valence-electron chi connectivity index (χ3n) is 2.44. The van der Waals surface area contributed by atoms with E-state index in [0.717, 1.165) is 5.01 Å². The van der Waals surface area contributed by atoms with Gasteiger partial charge >= 0.3 is 0 Å². The summed E-state index contributed by atoms with van der Waals surface area (Å²) in [6.07, 6.45) is 1.19. The molecular formula is C13H10Cl2N3O2. The van der Waals surface area contributed by atoms with Gasteiger partial charge in [0.2, 0.25) is 0 Å². The number of carbonyl (C=O) groups is 2. The summed E-state index contributed by atoms with van der Waals surface area (Å²) in [6, 6.07) is 4.68. The first-order chi connectivity index (χ1) is 9.38. The lowest BCUT2D eigenvalue weighted by molar-refractivity contribution is -0.117. The average molecular weight is 311 g/mol. The molecule has 7 heteroatoms. The van der Waals surface area contributed by atoms with Crippen molar-refractivity contribution in [1.82, 2.24) is 10.7 Å². The molecular weight excluding hydrogens is 301 g/mol. The van der Waals surface area contributed by atoms with Crippen LogP contribution in [-0.4, -0.2) is 11.8 Å². The van der Waals surface area contributed by atoms with Crippen molar-refractivity contribution in [1.29, 1.82) is 0 Å². The summed E-state index contributed by atoms with van der Waals surface area (Å²) in [5.41, 5.74) is 4.65. The number of rotatable bonds is 3. The molecule has 1 aliphatic rings. The molecule has 0 aromatic heterocycles. The number of carbonyl (C=O) groups excluding carboxylic acids is 2. The minimum atomic E-state index is -0.425. The molecule has 2 rings (SSSR count). The highest BCUT2D eigenvalue weighted by atomic mass is 35.5. The largest absolute Gasteiger partial charge is 0.305 e. The van der Waals surface area contributed by atoms with E-state index in [1.165, 1.54) is 12.1 Å². The maximum atomic E-state index is 11.9. The molecule has 1 aromatic carbocycles. The zero-order valence-corrected chi connectivity index (χ0v) is 12.0. The van der Waals surface area contributed by atoms with E-state index in [-0.39, 0.29) is 5.82 Å². The topological polar surface area (TPSA) is 63.5 Å². The normalized spacial score (nSPS) is 13.8. The van der Waals surface area contributed by atoms with Gasteiger partial charge in [-0.3, -0.25) is 9.59 Å². The van der Waals surface area contributed by atoms with Crippen molar-refractivity contribution in [3.05, 3.63) is 52.3 Å². The third kappa shape index (κ3) is 2.95. The molecule has 0 aliphatic carbocycles. The standard InChI is InChI=1S/C13H10Cl2N3O2/c1-7(2)13(20)16-11-6-12(19)18(17-11)10-5-8(14)3-4-9(10)15/h3-6H,1H2,2H3,(H,16,20). The second-order valence-corrected chi connectivity index (χ2v) is 4.95. The third-order valence-corrected chi connectivity index (χ3v) is 3.00. The Morgan fingerprint density at radius 1 is 1.40 bits per heavy atom. The van der Waals surface area contributed by atoms with Crippen LogP contribution < -0.4 is 15.8 Å². The van der Waals surface area contributed by atoms with Gasteiger partial charge in [-0.05, 0) is 25.1 Å². The summed E-state index contributed by atoms with van der Waals surface area (Å²) < 4.78 is 0. The van der Waals surface area contributed by atoms with Gasteiger partial charge in [-0.1, -0.05) is 29.8 Å². The Balaban J connectivity index is 2.19. The van der Waals surface area contributed by atoms with Gasteiger partial charge in [0.1, 0.15) is 0 Å². The summed E-state index contributed by atoms with van der Waals surface area (Å²) in [6.45, 7) is 5.05. The van der Waals surface area contributed by atoms with E-state index in [9.17, 15) is 9.59 Å². The molecule has 2 amide bonds. The molecule has 0 saturated heterocycles. The van der Waals surface area contributed by atoms with E-state index in [2.05, 4.69) is 17.3 Å². The number of hydrogen-bond acceptors (Lipinski definition) is 2. The number of nitrogens with one attached hydrogen (secondary N) is 1. The zero-order chi connectivity index (χ0) is 14.9. The lowest BCUT2D eigenvalue weighted by atomic mass is 10.3. The van der Waals surface area contributed by atoms with Gasteiger partial charge < -0.3 is 5.32 Å². The Morgan fingerprint density at radius 2 is 2.10 bits per heavy atom. The molecule has 0 fully saturated rings. The van der Waals surface area contributed by atoms with Crippen LogP contribution in [0.5, 0.6) is 0 Å². The molecule has 0 saturated carbocycles. The highest BCUT2D eigenvalue weighted by Crippen LogP contribution is 2.30. The van der Waals surface area contributed by atoms with Crippen molar-refractivity contribution in [2.75, 3.05) is 5.01 Å². The fourth-order valence-electron chi connectivity index (χ4n) is 1.47. The van der Waals surface area contributed by atoms with Gasteiger partial charge in [-0.15, -0.1) is 5.43 Å². The highest BCUT2D eigenvalue weighted by molar-refractivity contribution is 6.36. The minimum absolute atomic E-state index is 0.124. The fraction of sp³-hybridized carbons (Fsp3) is 0.0769. The SMILES string of the molecule is C=C(C)C(=O)NC1=CC(=O)N(c2cc(Cl)ccc2Cl)[N]1. The van der Waals surface area contributed by atoms with Crippen LogP contribution in [0.3, 0.4) is 0 Å². The first-order valence-corrected chi connectivity index (χ1v) is 6.33. The number of hydrogen-bond donors (Lipinski definition) is 1. The number of anilines is 1. The van der Waals surface area contributed by atoms with E-state index in [1.807, 2.05) is 0 Å². The fourth-order valence-corrected chi connectivity index (χ4v) is 1.83. The first-order valence-electron chi connectivity index (χ1n) is 5.58. The monoisotopic (exact) mass is 310 g/mol. The molecule has 20 heavy (non-hydrogen) atoms. The molecule has 0 atom stereocenters. The van der Waals surface area contributed by atoms with Gasteiger partial charge in [-0.2, -0.15) is 5.01 Å². The summed E-state index contributed by atoms with van der Waals surface area (Å²) in [5.74, 6) is -0.711. The predicted octanol–water partition coefficient (Wildman–Crippen LogP) is 2.39. The second-order valence-electron chi connectivity index (χ2n) is 4.11. The Kier molecular flexibility index (Phi) is 4.01. The van der Waals surface area contributed by atoms with E-state index < -0.39 is 11.8 Å². The summed E-state index contributed by atoms with van der Waals surface area (Å²) in [5, 5.41) is 4.28. The lowest BCUT2D eigenvalue weighted by Crippen LogP contribution is -2.34. The van der Waals surface area contributed by atoms with Crippen LogP contribution in [0.2, 0.25) is 10.0 Å². The molecule has 0 unspecified atom stereocenters. The number of amides is 2. The Labute approximate surface area is 125 Å². The van der Waals surface area contributed by atoms with Crippen LogP contribution in [0.15, 0.2) is 42.2 Å². The quantitative estimate of drug-likeness (QED) is 0.871. The molecule has 5 nitrogen and oxygen atoms in total. The van der Waals surface area contributed by atoms with Gasteiger partial charge in [-0.25, -0.2) is 0 Å². The number of benzene rings is 1. The van der Waals surface area contributed by atoms with Crippen LogP contribution >= 0.6 is 23.2 Å². The molecule has 1 heterocycles. The Morgan fingerprint density at radius 3 is 2.75 bits per heavy atom. The van der Waals surface area contributed by atoms with Gasteiger partial charge in [0.15, 0.2) is 5.82 Å². The van der Waals surface area contributed by atoms with Crippen molar-refractivity contribution in [3.63, 3.8) is 0 Å². The second kappa shape index (κ2) is 5.56. The summed E-state index contributed by atoms with van der Waals surface area (Å²) in [4.78, 5) is 23.4. The number of halogens is 2. The Hall–Kier alpha value is -1.98. The smallest absolute Gasteiger partial charge is 0.275 e. The molecule has 0 bridgehead atoms. The predicted molar refractivity (Wildman–Crippen MR) is 77.1 cm³/mol. The van der Waals surface area contributed by atoms with Crippen molar-refractivity contribution in [3.8, 4) is 0 Å². The lowest BCUT2D eigenvalue weighted by Gasteiger charge is -2.16. The summed E-state index contributed by atoms with van der Waals surface area (Å²) in [7, 11) is 0. The summed E-state index contributed by atoms with van der Waals surface area (Å²) >= 11 is 11.9. The van der Waals surface area contributed by atoms with E-state index in [0.29, 0.717) is 21.3 Å². The first kappa shape index (κ1) is 14.4. The van der Waals surface area contributed by atoms with Crippen molar-refractivity contribution < 1.29 is 9.59 Å². The van der Waals surface area contributed by atoms with E-state index in [1.54, 1.807) is 19.1 Å². The minimum Gasteiger partial charge on any atom is -0.305 e. The van der Waals surface area contributed by atoms with Crippen LogP contribution in [-0.2, 0) is 9.59 Å². The molecule has 1 aliphatic heterocycles. The average Bonchev–Trinajstić information content (AvgIpc) is 2.73. The maximum Gasteiger partial charge on any atom is 0.275 e. The van der Waals surface area contributed by atoms with Gasteiger partial charge in [0.05, 0.1) is 16.8 Å². The molecule has 1 aromatic rings. The zero-order valence-electron chi connectivity index (χ0n) is 10.5. The van der Waals surface area contributed by atoms with Gasteiger partial charge in [0, 0.05) is 10.6 Å². The van der Waals surface area contributed by atoms with Crippen LogP contribution in [0, 0.1) is 0 Å². The molecule has 1 radical (unpaired) electrons. The molecule has 0 spiro atoms. The van der Waals surface area contributed by atoms with Crippen molar-refractivity contribution in [2.24, 2.45) is 0 Å². The molecule has 1 N–H and O–H groups in total. The van der Waals surface area contributed by atoms with Crippen molar-refractivity contribution >= 4 is 40.7 Å². The molecule has 103 valence electrons. The van der Waals surface area contributed by atoms with Crippen LogP contribution in [0.1, 0.15) is 6.92 Å². The van der Waals surface area contributed by atoms with E-state index in [4.69, 9.17) is 23.2 Å². The van der Waals surface area contributed by atoms with Crippen LogP contribution in [0.4, 0.5) is 5.69 Å².